The summed E-state index contributed by atoms with van der Waals surface area (Å²) in [6.45, 7) is 8.57. The van der Waals surface area contributed by atoms with Gasteiger partial charge in [-0.3, -0.25) is 0 Å². The van der Waals surface area contributed by atoms with Gasteiger partial charge in [-0.2, -0.15) is 0 Å². The molecule has 0 fully saturated rings. The lowest BCUT2D eigenvalue weighted by Crippen LogP contribution is -2.11. The minimum Gasteiger partial charge on any atom is -0.247 e. The molecule has 0 aromatic rings. The molecule has 0 aliphatic rings. The maximum absolute atomic E-state index is 11.6. The van der Waals surface area contributed by atoms with Gasteiger partial charge in [0.1, 0.15) is 0 Å². The van der Waals surface area contributed by atoms with Crippen molar-refractivity contribution >= 4 is 23.9 Å². The van der Waals surface area contributed by atoms with Crippen LogP contribution in [0.3, 0.4) is 0 Å². The van der Waals surface area contributed by atoms with Crippen molar-refractivity contribution in [1.29, 1.82) is 0 Å². The molecule has 0 saturated heterocycles. The molecular formula is C36H68O8. The van der Waals surface area contributed by atoms with Crippen LogP contribution in [0, 0.1) is 0 Å². The van der Waals surface area contributed by atoms with Crippen molar-refractivity contribution in [3.8, 4) is 0 Å². The lowest BCUT2D eigenvalue weighted by atomic mass is 10.1. The molecule has 0 N–H and O–H groups in total. The summed E-state index contributed by atoms with van der Waals surface area (Å²) in [5, 5.41) is 0. The van der Waals surface area contributed by atoms with Crippen LogP contribution in [0.4, 0.5) is 0 Å². The van der Waals surface area contributed by atoms with E-state index in [1.54, 1.807) is 0 Å². The van der Waals surface area contributed by atoms with Crippen LogP contribution in [-0.2, 0) is 38.7 Å². The topological polar surface area (TPSA) is 105 Å². The van der Waals surface area contributed by atoms with Crippen LogP contribution in [-0.4, -0.2) is 23.9 Å². The lowest BCUT2D eigenvalue weighted by Gasteiger charge is -2.04. The van der Waals surface area contributed by atoms with E-state index in [4.69, 9.17) is 0 Å². The second-order valence-electron chi connectivity index (χ2n) is 11.9. The summed E-state index contributed by atoms with van der Waals surface area (Å²) >= 11 is 0. The van der Waals surface area contributed by atoms with Crippen molar-refractivity contribution in [3.63, 3.8) is 0 Å². The molecule has 0 amide bonds. The van der Waals surface area contributed by atoms with Gasteiger partial charge >= 0.3 is 23.9 Å². The van der Waals surface area contributed by atoms with Gasteiger partial charge in [0.05, 0.1) is 25.7 Å². The predicted octanol–water partition coefficient (Wildman–Crippen LogP) is 11.0. The summed E-state index contributed by atoms with van der Waals surface area (Å²) in [7, 11) is 0. The zero-order chi connectivity index (χ0) is 32.9. The van der Waals surface area contributed by atoms with E-state index in [9.17, 15) is 19.2 Å². The van der Waals surface area contributed by atoms with Gasteiger partial charge in [0.25, 0.3) is 0 Å². The Balaban J connectivity index is 0. The van der Waals surface area contributed by atoms with E-state index in [0.29, 0.717) is 25.7 Å². The predicted molar refractivity (Wildman–Crippen MR) is 176 cm³/mol. The number of hydrogen-bond acceptors (Lipinski definition) is 8. The second-order valence-corrected chi connectivity index (χ2v) is 11.9. The largest absolute Gasteiger partial charge is 0.355 e. The first-order valence-corrected chi connectivity index (χ1v) is 18.2. The van der Waals surface area contributed by atoms with Crippen LogP contribution < -0.4 is 0 Å². The van der Waals surface area contributed by atoms with Crippen molar-refractivity contribution in [3.05, 3.63) is 0 Å². The van der Waals surface area contributed by atoms with Crippen LogP contribution in [0.15, 0.2) is 0 Å². The van der Waals surface area contributed by atoms with Crippen LogP contribution in [0.2, 0.25) is 0 Å². The Kier molecular flexibility index (Phi) is 37.1. The molecular weight excluding hydrogens is 560 g/mol. The summed E-state index contributed by atoms with van der Waals surface area (Å²) in [4.78, 5) is 63.3. The molecule has 0 bridgehead atoms. The Bertz CT molecular complexity index is 609. The maximum atomic E-state index is 11.6. The first-order valence-electron chi connectivity index (χ1n) is 18.2. The number of hydrogen-bond donors (Lipinski definition) is 0. The van der Waals surface area contributed by atoms with Gasteiger partial charge in [0.15, 0.2) is 0 Å². The average molecular weight is 629 g/mol. The number of carbonyl (C=O) groups is 4. The fourth-order valence-corrected chi connectivity index (χ4v) is 4.55. The Morgan fingerprint density at radius 3 is 0.659 bits per heavy atom. The van der Waals surface area contributed by atoms with E-state index in [1.807, 2.05) is 0 Å². The standard InChI is InChI=1S/C24H46O4.C12H22O4/c1-3-5-7-9-11-13-15-17-19-21-23(25)27-28-24(26)22-20-18-16-14-12-10-8-6-4-2;1-3-5-7-9-11(13)15-16-12(14)10-8-6-4-2/h3-22H2,1-2H3;3-10H2,1-2H3. The third-order valence-corrected chi connectivity index (χ3v) is 7.39. The van der Waals surface area contributed by atoms with Crippen LogP contribution in [0.25, 0.3) is 0 Å². The maximum Gasteiger partial charge on any atom is 0.355 e. The fourth-order valence-electron chi connectivity index (χ4n) is 4.55. The average Bonchev–Trinajstić information content (AvgIpc) is 3.01. The van der Waals surface area contributed by atoms with E-state index < -0.39 is 23.9 Å². The minimum atomic E-state index is -0.461. The van der Waals surface area contributed by atoms with Gasteiger partial charge in [0.2, 0.25) is 0 Å². The van der Waals surface area contributed by atoms with Crippen molar-refractivity contribution in [2.75, 3.05) is 0 Å². The zero-order valence-electron chi connectivity index (χ0n) is 29.1. The molecule has 0 atom stereocenters. The van der Waals surface area contributed by atoms with Crippen molar-refractivity contribution in [1.82, 2.24) is 0 Å². The molecule has 0 aromatic heterocycles. The first-order chi connectivity index (χ1) is 21.4. The normalized spacial score (nSPS) is 10.5. The molecule has 8 heteroatoms. The van der Waals surface area contributed by atoms with Crippen LogP contribution in [0.5, 0.6) is 0 Å². The fraction of sp³-hybridized carbons (Fsp3) is 0.889. The Morgan fingerprint density at radius 2 is 0.432 bits per heavy atom. The molecule has 0 aliphatic heterocycles. The molecule has 8 nitrogen and oxygen atoms in total. The lowest BCUT2D eigenvalue weighted by molar-refractivity contribution is -0.259. The van der Waals surface area contributed by atoms with Gasteiger partial charge < -0.3 is 0 Å². The Labute approximate surface area is 269 Å². The summed E-state index contributed by atoms with van der Waals surface area (Å²) in [6, 6.07) is 0. The second kappa shape index (κ2) is 37.1. The summed E-state index contributed by atoms with van der Waals surface area (Å²) in [5.41, 5.74) is 0. The van der Waals surface area contributed by atoms with Crippen molar-refractivity contribution in [2.45, 2.75) is 207 Å². The molecule has 0 saturated carbocycles. The van der Waals surface area contributed by atoms with Crippen molar-refractivity contribution in [2.24, 2.45) is 0 Å². The first kappa shape index (κ1) is 44.0. The van der Waals surface area contributed by atoms with Gasteiger partial charge in [-0.1, -0.05) is 156 Å². The molecule has 0 aromatic carbocycles. The third-order valence-electron chi connectivity index (χ3n) is 7.39. The number of unbranched alkanes of at least 4 members (excludes halogenated alkanes) is 20. The quantitative estimate of drug-likeness (QED) is 0.0478. The monoisotopic (exact) mass is 628 g/mol. The van der Waals surface area contributed by atoms with Gasteiger partial charge in [-0.05, 0) is 25.7 Å². The van der Waals surface area contributed by atoms with Gasteiger partial charge in [0, 0.05) is 0 Å². The molecule has 0 radical (unpaired) electrons. The van der Waals surface area contributed by atoms with E-state index in [1.165, 1.54) is 77.0 Å². The SMILES string of the molecule is CCCCCC(=O)OOC(=O)CCCCC.CCCCCCCCCCCC(=O)OOC(=O)CCCCCCCCCCC. The molecule has 0 unspecified atom stereocenters. The molecule has 0 aliphatic carbocycles. The van der Waals surface area contributed by atoms with Crippen molar-refractivity contribution < 1.29 is 38.7 Å². The Morgan fingerprint density at radius 1 is 0.273 bits per heavy atom. The number of rotatable bonds is 28. The molecule has 44 heavy (non-hydrogen) atoms. The zero-order valence-corrected chi connectivity index (χ0v) is 29.1. The van der Waals surface area contributed by atoms with E-state index in [2.05, 4.69) is 47.2 Å². The number of carbonyl (C=O) groups excluding carboxylic acids is 4. The molecule has 0 heterocycles. The summed E-state index contributed by atoms with van der Waals surface area (Å²) < 4.78 is 0. The molecule has 0 rings (SSSR count). The third kappa shape index (κ3) is 37.9. The smallest absolute Gasteiger partial charge is 0.247 e. The summed E-state index contributed by atoms with van der Waals surface area (Å²) in [5.74, 6) is -1.78. The highest BCUT2D eigenvalue weighted by Gasteiger charge is 2.10. The van der Waals surface area contributed by atoms with E-state index in [0.717, 1.165) is 77.0 Å². The highest BCUT2D eigenvalue weighted by Crippen LogP contribution is 2.12. The molecule has 0 spiro atoms. The molecule has 260 valence electrons. The van der Waals surface area contributed by atoms with Crippen LogP contribution in [0.1, 0.15) is 207 Å². The van der Waals surface area contributed by atoms with Crippen LogP contribution >= 0.6 is 0 Å². The Hall–Kier alpha value is -2.12. The van der Waals surface area contributed by atoms with E-state index in [-0.39, 0.29) is 0 Å². The highest BCUT2D eigenvalue weighted by atomic mass is 17.2. The van der Waals surface area contributed by atoms with Gasteiger partial charge in [-0.25, -0.2) is 38.7 Å². The highest BCUT2D eigenvalue weighted by molar-refractivity contribution is 5.73. The van der Waals surface area contributed by atoms with E-state index >= 15 is 0 Å². The summed E-state index contributed by atoms with van der Waals surface area (Å²) in [6.07, 6.45) is 28.6. The minimum absolute atomic E-state index is 0.316. The van der Waals surface area contributed by atoms with Gasteiger partial charge in [-0.15, -0.1) is 0 Å².